The second-order valence-electron chi connectivity index (χ2n) is 7.11. The lowest BCUT2D eigenvalue weighted by atomic mass is 9.71. The van der Waals surface area contributed by atoms with Crippen LogP contribution in [0.3, 0.4) is 0 Å². The summed E-state index contributed by atoms with van der Waals surface area (Å²) in [6.07, 6.45) is -1.57. The number of hydrogen-bond donors (Lipinski definition) is 1. The zero-order valence-electron chi connectivity index (χ0n) is 12.7. The first-order chi connectivity index (χ1) is 9.77. The van der Waals surface area contributed by atoms with Gasteiger partial charge in [0.25, 0.3) is 0 Å². The molecular weight excluding hydrogens is 281 g/mol. The van der Waals surface area contributed by atoms with Crippen molar-refractivity contribution >= 4 is 0 Å². The van der Waals surface area contributed by atoms with Gasteiger partial charge in [0, 0.05) is 12.6 Å². The normalized spacial score (nSPS) is 42.9. The summed E-state index contributed by atoms with van der Waals surface area (Å²) in [5.41, 5.74) is -2.64. The maximum absolute atomic E-state index is 13.4. The zero-order chi connectivity index (χ0) is 15.4. The Bertz CT molecular complexity index is 391. The van der Waals surface area contributed by atoms with E-state index in [2.05, 4.69) is 4.90 Å². The van der Waals surface area contributed by atoms with Gasteiger partial charge in [0.15, 0.2) is 5.60 Å². The second kappa shape index (κ2) is 5.10. The van der Waals surface area contributed by atoms with E-state index in [1.165, 1.54) is 0 Å². The Morgan fingerprint density at radius 3 is 2.33 bits per heavy atom. The Morgan fingerprint density at radius 2 is 1.81 bits per heavy atom. The van der Waals surface area contributed by atoms with Crippen molar-refractivity contribution in [2.45, 2.75) is 57.0 Å². The molecule has 4 rings (SSSR count). The average Bonchev–Trinajstić information content (AvgIpc) is 2.80. The van der Waals surface area contributed by atoms with Gasteiger partial charge >= 0.3 is 6.18 Å². The maximum atomic E-state index is 13.4. The second-order valence-corrected chi connectivity index (χ2v) is 7.11. The molecule has 1 N–H and O–H groups in total. The Labute approximate surface area is 124 Å². The van der Waals surface area contributed by atoms with Crippen LogP contribution in [-0.4, -0.2) is 64.9 Å². The standard InChI is InChI=1S/C15H25F3N2O/c1-3-6-20-9-11-10-4-7-19(8-5-10)12(11)13(20)14(2,21)15(16,17)18/h10-13,21H,3-9H2,1-2H3. The number of fused-ring (bicyclic) bond motifs is 2. The van der Waals surface area contributed by atoms with Crippen molar-refractivity contribution in [2.75, 3.05) is 26.2 Å². The van der Waals surface area contributed by atoms with Crippen molar-refractivity contribution in [2.24, 2.45) is 11.8 Å². The Balaban J connectivity index is 1.94. The summed E-state index contributed by atoms with van der Waals surface area (Å²) in [5, 5.41) is 10.3. The number of piperidine rings is 3. The highest BCUT2D eigenvalue weighted by Gasteiger charge is 2.64. The number of hydrogen-bond acceptors (Lipinski definition) is 3. The van der Waals surface area contributed by atoms with Gasteiger partial charge in [0.05, 0.1) is 6.04 Å². The lowest BCUT2D eigenvalue weighted by Crippen LogP contribution is -2.66. The number of nitrogens with zero attached hydrogens (tertiary/aromatic N) is 2. The van der Waals surface area contributed by atoms with Crippen LogP contribution in [0.4, 0.5) is 13.2 Å². The average molecular weight is 306 g/mol. The predicted octanol–water partition coefficient (Wildman–Crippen LogP) is 2.10. The van der Waals surface area contributed by atoms with Crippen LogP contribution in [0.15, 0.2) is 0 Å². The van der Waals surface area contributed by atoms with Crippen molar-refractivity contribution in [1.82, 2.24) is 9.80 Å². The smallest absolute Gasteiger partial charge is 0.379 e. The van der Waals surface area contributed by atoms with Gasteiger partial charge in [-0.2, -0.15) is 13.2 Å². The van der Waals surface area contributed by atoms with Crippen LogP contribution < -0.4 is 0 Å². The molecule has 0 aromatic carbocycles. The van der Waals surface area contributed by atoms with Crippen LogP contribution in [0.25, 0.3) is 0 Å². The fourth-order valence-corrected chi connectivity index (χ4v) is 4.86. The summed E-state index contributed by atoms with van der Waals surface area (Å²) < 4.78 is 40.2. The predicted molar refractivity (Wildman–Crippen MR) is 73.9 cm³/mol. The molecule has 4 fully saturated rings. The van der Waals surface area contributed by atoms with Crippen molar-refractivity contribution in [3.63, 3.8) is 0 Å². The first-order valence-corrected chi connectivity index (χ1v) is 8.04. The summed E-state index contributed by atoms with van der Waals surface area (Å²) in [6, 6.07) is -0.966. The van der Waals surface area contributed by atoms with E-state index in [4.69, 9.17) is 0 Å². The van der Waals surface area contributed by atoms with Gasteiger partial charge in [-0.3, -0.25) is 9.80 Å². The van der Waals surface area contributed by atoms with Crippen LogP contribution in [0, 0.1) is 11.8 Å². The molecule has 4 saturated heterocycles. The molecule has 0 spiro atoms. The highest BCUT2D eigenvalue weighted by atomic mass is 19.4. The molecule has 0 aliphatic carbocycles. The molecular formula is C15H25F3N2O. The van der Waals surface area contributed by atoms with Gasteiger partial charge < -0.3 is 5.11 Å². The summed E-state index contributed by atoms with van der Waals surface area (Å²) in [4.78, 5) is 4.10. The molecule has 6 heteroatoms. The fraction of sp³-hybridized carbons (Fsp3) is 1.00. The van der Waals surface area contributed by atoms with Crippen molar-refractivity contribution in [3.8, 4) is 0 Å². The van der Waals surface area contributed by atoms with Gasteiger partial charge in [-0.15, -0.1) is 0 Å². The lowest BCUT2D eigenvalue weighted by Gasteiger charge is -2.51. The SMILES string of the molecule is CCCN1CC2C3CCN(CC3)C2C1C(C)(O)C(F)(F)F. The minimum Gasteiger partial charge on any atom is -0.379 e. The Morgan fingerprint density at radius 1 is 1.19 bits per heavy atom. The van der Waals surface area contributed by atoms with Gasteiger partial charge in [-0.1, -0.05) is 6.92 Å². The maximum Gasteiger partial charge on any atom is 0.418 e. The highest BCUT2D eigenvalue weighted by molar-refractivity contribution is 5.13. The van der Waals surface area contributed by atoms with Crippen molar-refractivity contribution in [3.05, 3.63) is 0 Å². The Kier molecular flexibility index (Phi) is 3.78. The van der Waals surface area contributed by atoms with Crippen LogP contribution >= 0.6 is 0 Å². The van der Waals surface area contributed by atoms with Crippen molar-refractivity contribution in [1.29, 1.82) is 0 Å². The number of halogens is 3. The van der Waals surface area contributed by atoms with E-state index in [-0.39, 0.29) is 12.0 Å². The van der Waals surface area contributed by atoms with Gasteiger partial charge in [0.2, 0.25) is 0 Å². The van der Waals surface area contributed by atoms with E-state index in [9.17, 15) is 18.3 Å². The quantitative estimate of drug-likeness (QED) is 0.865. The molecule has 3 nitrogen and oxygen atoms in total. The number of rotatable bonds is 3. The number of alkyl halides is 3. The van der Waals surface area contributed by atoms with Gasteiger partial charge in [-0.25, -0.2) is 0 Å². The zero-order valence-corrected chi connectivity index (χ0v) is 12.7. The minimum absolute atomic E-state index is 0.138. The van der Waals surface area contributed by atoms with Crippen LogP contribution in [0.1, 0.15) is 33.1 Å². The summed E-state index contributed by atoms with van der Waals surface area (Å²) in [6.45, 7) is 6.05. The number of aliphatic hydroxyl groups is 1. The molecule has 0 amide bonds. The molecule has 122 valence electrons. The topological polar surface area (TPSA) is 26.7 Å². The molecule has 4 unspecified atom stereocenters. The first kappa shape index (κ1) is 15.6. The molecule has 0 aromatic rings. The summed E-state index contributed by atoms with van der Waals surface area (Å²) in [7, 11) is 0. The molecule has 4 aliphatic heterocycles. The third-order valence-electron chi connectivity index (χ3n) is 5.86. The van der Waals surface area contributed by atoms with Gasteiger partial charge in [-0.05, 0) is 57.7 Å². The van der Waals surface area contributed by atoms with E-state index in [0.29, 0.717) is 19.0 Å². The largest absolute Gasteiger partial charge is 0.418 e. The monoisotopic (exact) mass is 306 g/mol. The Hall–Kier alpha value is -0.330. The van der Waals surface area contributed by atoms with E-state index in [0.717, 1.165) is 39.3 Å². The van der Waals surface area contributed by atoms with E-state index >= 15 is 0 Å². The van der Waals surface area contributed by atoms with Crippen molar-refractivity contribution < 1.29 is 18.3 Å². The fourth-order valence-electron chi connectivity index (χ4n) is 4.86. The van der Waals surface area contributed by atoms with E-state index < -0.39 is 17.8 Å². The highest BCUT2D eigenvalue weighted by Crippen LogP contribution is 2.49. The van der Waals surface area contributed by atoms with Crippen LogP contribution in [-0.2, 0) is 0 Å². The molecule has 2 bridgehead atoms. The third-order valence-corrected chi connectivity index (χ3v) is 5.86. The first-order valence-electron chi connectivity index (χ1n) is 8.04. The molecule has 4 heterocycles. The summed E-state index contributed by atoms with van der Waals surface area (Å²) in [5.74, 6) is 0.825. The molecule has 21 heavy (non-hydrogen) atoms. The third kappa shape index (κ3) is 2.30. The van der Waals surface area contributed by atoms with E-state index in [1.54, 1.807) is 0 Å². The molecule has 0 aromatic heterocycles. The minimum atomic E-state index is -4.59. The lowest BCUT2D eigenvalue weighted by molar-refractivity contribution is -0.276. The van der Waals surface area contributed by atoms with Gasteiger partial charge in [0.1, 0.15) is 0 Å². The molecule has 4 atom stereocenters. The molecule has 0 radical (unpaired) electrons. The summed E-state index contributed by atoms with van der Waals surface area (Å²) >= 11 is 0. The van der Waals surface area contributed by atoms with Crippen LogP contribution in [0.2, 0.25) is 0 Å². The van der Waals surface area contributed by atoms with Crippen LogP contribution in [0.5, 0.6) is 0 Å². The molecule has 4 aliphatic rings. The van der Waals surface area contributed by atoms with E-state index in [1.807, 2.05) is 11.8 Å². The number of likely N-dealkylation sites (tertiary alicyclic amines) is 1. The molecule has 0 saturated carbocycles.